The van der Waals surface area contributed by atoms with Crippen molar-refractivity contribution in [1.82, 2.24) is 14.8 Å². The Kier molecular flexibility index (Phi) is 3.68. The SMILES string of the molecule is CC(C)(Cn1cncn1)C(O)c1ccc(Cl)cc1. The number of hydrogen-bond acceptors (Lipinski definition) is 3. The van der Waals surface area contributed by atoms with E-state index in [-0.39, 0.29) is 5.41 Å². The molecule has 0 aliphatic rings. The standard InChI is InChI=1S/C13H16ClN3O/c1-13(2,7-17-9-15-8-16-17)12(18)10-3-5-11(14)6-4-10/h3-6,8-9,12,18H,7H2,1-2H3. The zero-order valence-electron chi connectivity index (χ0n) is 10.4. The highest BCUT2D eigenvalue weighted by molar-refractivity contribution is 6.30. The lowest BCUT2D eigenvalue weighted by molar-refractivity contribution is 0.0340. The Morgan fingerprint density at radius 3 is 2.56 bits per heavy atom. The summed E-state index contributed by atoms with van der Waals surface area (Å²) in [6.45, 7) is 4.58. The van der Waals surface area contributed by atoms with Crippen molar-refractivity contribution in [2.75, 3.05) is 0 Å². The maximum atomic E-state index is 10.4. The lowest BCUT2D eigenvalue weighted by Crippen LogP contribution is -2.28. The molecule has 1 unspecified atom stereocenters. The average Bonchev–Trinajstić information content (AvgIpc) is 2.81. The third kappa shape index (κ3) is 2.89. The molecular formula is C13H16ClN3O. The number of aliphatic hydroxyl groups is 1. The summed E-state index contributed by atoms with van der Waals surface area (Å²) in [5.74, 6) is 0. The van der Waals surface area contributed by atoms with Crippen LogP contribution in [0.3, 0.4) is 0 Å². The van der Waals surface area contributed by atoms with Gasteiger partial charge in [-0.05, 0) is 17.7 Å². The molecule has 4 nitrogen and oxygen atoms in total. The molecule has 2 aromatic rings. The first-order valence-corrected chi connectivity index (χ1v) is 6.13. The quantitative estimate of drug-likeness (QED) is 0.925. The molecule has 1 N–H and O–H groups in total. The summed E-state index contributed by atoms with van der Waals surface area (Å²) in [5.41, 5.74) is 0.506. The smallest absolute Gasteiger partial charge is 0.137 e. The van der Waals surface area contributed by atoms with Crippen molar-refractivity contribution >= 4 is 11.6 Å². The van der Waals surface area contributed by atoms with E-state index in [2.05, 4.69) is 10.1 Å². The highest BCUT2D eigenvalue weighted by Crippen LogP contribution is 2.34. The van der Waals surface area contributed by atoms with Gasteiger partial charge in [0.2, 0.25) is 0 Å². The van der Waals surface area contributed by atoms with E-state index in [4.69, 9.17) is 11.6 Å². The van der Waals surface area contributed by atoms with Crippen LogP contribution in [-0.4, -0.2) is 19.9 Å². The summed E-state index contributed by atoms with van der Waals surface area (Å²) in [4.78, 5) is 3.90. The van der Waals surface area contributed by atoms with Gasteiger partial charge in [-0.15, -0.1) is 0 Å². The van der Waals surface area contributed by atoms with Crippen LogP contribution in [0.1, 0.15) is 25.5 Å². The highest BCUT2D eigenvalue weighted by Gasteiger charge is 2.29. The van der Waals surface area contributed by atoms with Crippen molar-refractivity contribution in [3.05, 3.63) is 47.5 Å². The van der Waals surface area contributed by atoms with Crippen LogP contribution < -0.4 is 0 Å². The fourth-order valence-electron chi connectivity index (χ4n) is 1.91. The molecule has 0 radical (unpaired) electrons. The molecule has 1 aromatic heterocycles. The monoisotopic (exact) mass is 265 g/mol. The van der Waals surface area contributed by atoms with E-state index in [1.165, 1.54) is 6.33 Å². The molecule has 1 heterocycles. The molecule has 0 spiro atoms. The minimum absolute atomic E-state index is 0.346. The molecule has 96 valence electrons. The molecule has 2 rings (SSSR count). The molecule has 0 fully saturated rings. The normalized spacial score (nSPS) is 13.6. The Morgan fingerprint density at radius 2 is 2.00 bits per heavy atom. The molecular weight excluding hydrogens is 250 g/mol. The Balaban J connectivity index is 2.16. The molecule has 0 aliphatic heterocycles. The van der Waals surface area contributed by atoms with Crippen LogP contribution in [0.2, 0.25) is 5.02 Å². The molecule has 5 heteroatoms. The number of rotatable bonds is 4. The number of aliphatic hydroxyl groups excluding tert-OH is 1. The van der Waals surface area contributed by atoms with Crippen molar-refractivity contribution in [3.63, 3.8) is 0 Å². The first-order valence-electron chi connectivity index (χ1n) is 5.75. The van der Waals surface area contributed by atoms with Crippen molar-refractivity contribution in [3.8, 4) is 0 Å². The fourth-order valence-corrected chi connectivity index (χ4v) is 2.04. The van der Waals surface area contributed by atoms with Gasteiger partial charge in [0, 0.05) is 10.4 Å². The minimum Gasteiger partial charge on any atom is -0.388 e. The highest BCUT2D eigenvalue weighted by atomic mass is 35.5. The lowest BCUT2D eigenvalue weighted by atomic mass is 9.82. The summed E-state index contributed by atoms with van der Waals surface area (Å²) in [6, 6.07) is 7.25. The summed E-state index contributed by atoms with van der Waals surface area (Å²) in [5, 5.41) is 15.2. The van der Waals surface area contributed by atoms with Gasteiger partial charge < -0.3 is 5.11 Å². The predicted octanol–water partition coefficient (Wildman–Crippen LogP) is 2.69. The van der Waals surface area contributed by atoms with Gasteiger partial charge in [-0.1, -0.05) is 37.6 Å². The van der Waals surface area contributed by atoms with Crippen molar-refractivity contribution in [1.29, 1.82) is 0 Å². The van der Waals surface area contributed by atoms with Gasteiger partial charge in [0.15, 0.2) is 0 Å². The van der Waals surface area contributed by atoms with Crippen LogP contribution in [0.15, 0.2) is 36.9 Å². The third-order valence-corrected chi connectivity index (χ3v) is 3.21. The Hall–Kier alpha value is -1.39. The summed E-state index contributed by atoms with van der Waals surface area (Å²) < 4.78 is 1.72. The number of halogens is 1. The van der Waals surface area contributed by atoms with Crippen molar-refractivity contribution in [2.24, 2.45) is 5.41 Å². The Bertz CT molecular complexity index is 493. The molecule has 1 atom stereocenters. The topological polar surface area (TPSA) is 50.9 Å². The maximum Gasteiger partial charge on any atom is 0.137 e. The second kappa shape index (κ2) is 5.08. The predicted molar refractivity (Wildman–Crippen MR) is 70.2 cm³/mol. The average molecular weight is 266 g/mol. The van der Waals surface area contributed by atoms with Gasteiger partial charge in [-0.3, -0.25) is 4.68 Å². The second-order valence-electron chi connectivity index (χ2n) is 5.04. The van der Waals surface area contributed by atoms with E-state index in [0.717, 1.165) is 5.56 Å². The van der Waals surface area contributed by atoms with E-state index < -0.39 is 6.10 Å². The zero-order chi connectivity index (χ0) is 13.2. The molecule has 1 aromatic carbocycles. The van der Waals surface area contributed by atoms with Crippen molar-refractivity contribution in [2.45, 2.75) is 26.5 Å². The molecule has 18 heavy (non-hydrogen) atoms. The first kappa shape index (κ1) is 13.1. The Labute approximate surface area is 111 Å². The van der Waals surface area contributed by atoms with Gasteiger partial charge >= 0.3 is 0 Å². The van der Waals surface area contributed by atoms with Crippen LogP contribution in [0.25, 0.3) is 0 Å². The van der Waals surface area contributed by atoms with Gasteiger partial charge in [-0.2, -0.15) is 5.10 Å². The van der Waals surface area contributed by atoms with Gasteiger partial charge in [0.05, 0.1) is 12.6 Å². The van der Waals surface area contributed by atoms with Crippen LogP contribution in [-0.2, 0) is 6.54 Å². The molecule has 0 amide bonds. The van der Waals surface area contributed by atoms with E-state index in [1.54, 1.807) is 23.1 Å². The van der Waals surface area contributed by atoms with Crippen LogP contribution in [0.5, 0.6) is 0 Å². The van der Waals surface area contributed by atoms with Crippen LogP contribution in [0.4, 0.5) is 0 Å². The largest absolute Gasteiger partial charge is 0.388 e. The zero-order valence-corrected chi connectivity index (χ0v) is 11.2. The summed E-state index contributed by atoms with van der Waals surface area (Å²) >= 11 is 5.84. The molecule has 0 bridgehead atoms. The maximum absolute atomic E-state index is 10.4. The van der Waals surface area contributed by atoms with E-state index in [9.17, 15) is 5.11 Å². The summed E-state index contributed by atoms with van der Waals surface area (Å²) in [7, 11) is 0. The van der Waals surface area contributed by atoms with E-state index in [1.807, 2.05) is 26.0 Å². The van der Waals surface area contributed by atoms with Crippen molar-refractivity contribution < 1.29 is 5.11 Å². The molecule has 0 saturated carbocycles. The minimum atomic E-state index is -0.584. The Morgan fingerprint density at radius 1 is 1.33 bits per heavy atom. The number of benzene rings is 1. The van der Waals surface area contributed by atoms with Gasteiger partial charge in [-0.25, -0.2) is 4.98 Å². The van der Waals surface area contributed by atoms with E-state index in [0.29, 0.717) is 11.6 Å². The third-order valence-electron chi connectivity index (χ3n) is 2.96. The molecule has 0 saturated heterocycles. The first-order chi connectivity index (χ1) is 8.49. The van der Waals surface area contributed by atoms with Crippen LogP contribution >= 0.6 is 11.6 Å². The van der Waals surface area contributed by atoms with E-state index >= 15 is 0 Å². The summed E-state index contributed by atoms with van der Waals surface area (Å²) in [6.07, 6.45) is 2.56. The number of aromatic nitrogens is 3. The number of nitrogens with zero attached hydrogens (tertiary/aromatic N) is 3. The fraction of sp³-hybridized carbons (Fsp3) is 0.385. The number of hydrogen-bond donors (Lipinski definition) is 1. The lowest BCUT2D eigenvalue weighted by Gasteiger charge is -2.30. The van der Waals surface area contributed by atoms with Gasteiger partial charge in [0.25, 0.3) is 0 Å². The van der Waals surface area contributed by atoms with Crippen LogP contribution in [0, 0.1) is 5.41 Å². The second-order valence-corrected chi connectivity index (χ2v) is 5.47. The van der Waals surface area contributed by atoms with Gasteiger partial charge in [0.1, 0.15) is 12.7 Å². The molecule has 0 aliphatic carbocycles.